The van der Waals surface area contributed by atoms with Crippen LogP contribution in [0.25, 0.3) is 0 Å². The van der Waals surface area contributed by atoms with E-state index in [1.54, 1.807) is 6.92 Å². The van der Waals surface area contributed by atoms with Crippen molar-refractivity contribution in [2.75, 3.05) is 7.11 Å². The number of nitrogens with one attached hydrogen (secondary N) is 2. The van der Waals surface area contributed by atoms with E-state index in [1.165, 1.54) is 7.11 Å². The lowest BCUT2D eigenvalue weighted by atomic mass is 10.1. The number of ether oxygens (including phenoxy) is 2. The zero-order valence-corrected chi connectivity index (χ0v) is 16.6. The third-order valence-electron chi connectivity index (χ3n) is 4.31. The summed E-state index contributed by atoms with van der Waals surface area (Å²) >= 11 is 0. The van der Waals surface area contributed by atoms with Crippen LogP contribution in [0.5, 0.6) is 0 Å². The molecule has 0 heterocycles. The zero-order chi connectivity index (χ0) is 21.1. The van der Waals surface area contributed by atoms with Gasteiger partial charge in [0.1, 0.15) is 18.7 Å². The quantitative estimate of drug-likeness (QED) is 0.633. The molecule has 0 radical (unpaired) electrons. The second-order valence-corrected chi connectivity index (χ2v) is 6.44. The van der Waals surface area contributed by atoms with Gasteiger partial charge in [0, 0.05) is 6.42 Å². The molecule has 0 aliphatic rings. The van der Waals surface area contributed by atoms with E-state index >= 15 is 0 Å². The Kier molecular flexibility index (Phi) is 8.69. The lowest BCUT2D eigenvalue weighted by molar-refractivity contribution is -0.145. The summed E-state index contributed by atoms with van der Waals surface area (Å²) in [5, 5.41) is 5.20. The van der Waals surface area contributed by atoms with Crippen LogP contribution in [0, 0.1) is 0 Å². The predicted molar refractivity (Wildman–Crippen MR) is 108 cm³/mol. The number of carbonyl (C=O) groups excluding carboxylic acids is 3. The third kappa shape index (κ3) is 7.29. The molecule has 0 saturated heterocycles. The van der Waals surface area contributed by atoms with Crippen LogP contribution in [0.2, 0.25) is 0 Å². The van der Waals surface area contributed by atoms with E-state index in [1.807, 2.05) is 60.7 Å². The summed E-state index contributed by atoms with van der Waals surface area (Å²) in [4.78, 5) is 36.8. The second kappa shape index (κ2) is 11.5. The molecule has 0 saturated carbocycles. The van der Waals surface area contributed by atoms with E-state index in [-0.39, 0.29) is 13.0 Å². The van der Waals surface area contributed by atoms with Gasteiger partial charge in [-0.15, -0.1) is 0 Å². The Bertz CT molecular complexity index is 795. The normalized spacial score (nSPS) is 12.3. The van der Waals surface area contributed by atoms with Crippen LogP contribution in [-0.4, -0.2) is 37.2 Å². The number of hydrogen-bond acceptors (Lipinski definition) is 5. The van der Waals surface area contributed by atoms with Gasteiger partial charge in [0.2, 0.25) is 5.91 Å². The minimum atomic E-state index is -0.855. The van der Waals surface area contributed by atoms with Crippen LogP contribution in [0.4, 0.5) is 4.79 Å². The Morgan fingerprint density at radius 2 is 1.45 bits per heavy atom. The van der Waals surface area contributed by atoms with Crippen LogP contribution in [0.15, 0.2) is 60.7 Å². The fourth-order valence-corrected chi connectivity index (χ4v) is 2.72. The maximum atomic E-state index is 12.6. The van der Waals surface area contributed by atoms with E-state index in [0.29, 0.717) is 6.42 Å². The van der Waals surface area contributed by atoms with Crippen LogP contribution in [0.1, 0.15) is 24.5 Å². The molecule has 7 nitrogen and oxygen atoms in total. The van der Waals surface area contributed by atoms with Gasteiger partial charge in [0.15, 0.2) is 0 Å². The number of esters is 1. The monoisotopic (exact) mass is 398 g/mol. The van der Waals surface area contributed by atoms with Gasteiger partial charge >= 0.3 is 12.1 Å². The number of alkyl carbamates (subject to hydrolysis) is 1. The maximum Gasteiger partial charge on any atom is 0.408 e. The van der Waals surface area contributed by atoms with Crippen molar-refractivity contribution in [1.29, 1.82) is 0 Å². The molecule has 0 aliphatic heterocycles. The van der Waals surface area contributed by atoms with Crippen molar-refractivity contribution >= 4 is 18.0 Å². The first kappa shape index (κ1) is 21.9. The number of benzene rings is 2. The SMILES string of the molecule is CC[C@H](NC(=O)OCc1ccccc1)C(=O)NC(Cc1ccccc1)C(=O)OC. The highest BCUT2D eigenvalue weighted by Crippen LogP contribution is 2.06. The molecule has 2 amide bonds. The Hall–Kier alpha value is -3.35. The highest BCUT2D eigenvalue weighted by atomic mass is 16.5. The number of amides is 2. The smallest absolute Gasteiger partial charge is 0.408 e. The van der Waals surface area contributed by atoms with E-state index < -0.39 is 30.1 Å². The Morgan fingerprint density at radius 1 is 0.862 bits per heavy atom. The predicted octanol–water partition coefficient (Wildman–Crippen LogP) is 2.59. The lowest BCUT2D eigenvalue weighted by Crippen LogP contribution is -2.52. The molecule has 2 rings (SSSR count). The van der Waals surface area contributed by atoms with E-state index in [0.717, 1.165) is 11.1 Å². The molecule has 0 spiro atoms. The van der Waals surface area contributed by atoms with Crippen LogP contribution in [-0.2, 0) is 32.1 Å². The molecule has 2 aromatic rings. The van der Waals surface area contributed by atoms with Crippen LogP contribution in [0.3, 0.4) is 0 Å². The van der Waals surface area contributed by atoms with Gasteiger partial charge in [0.25, 0.3) is 0 Å². The van der Waals surface area contributed by atoms with Gasteiger partial charge in [-0.3, -0.25) is 4.79 Å². The first-order valence-corrected chi connectivity index (χ1v) is 9.42. The fourth-order valence-electron chi connectivity index (χ4n) is 2.72. The lowest BCUT2D eigenvalue weighted by Gasteiger charge is -2.21. The first-order chi connectivity index (χ1) is 14.0. The summed E-state index contributed by atoms with van der Waals surface area (Å²) in [5.74, 6) is -1.03. The molecule has 2 atom stereocenters. The third-order valence-corrected chi connectivity index (χ3v) is 4.31. The topological polar surface area (TPSA) is 93.7 Å². The summed E-state index contributed by atoms with van der Waals surface area (Å²) in [7, 11) is 1.27. The van der Waals surface area contributed by atoms with Crippen LogP contribution < -0.4 is 10.6 Å². The maximum absolute atomic E-state index is 12.6. The van der Waals surface area contributed by atoms with Gasteiger partial charge in [-0.1, -0.05) is 67.6 Å². The first-order valence-electron chi connectivity index (χ1n) is 9.42. The number of methoxy groups -OCH3 is 1. The van der Waals surface area contributed by atoms with Crippen molar-refractivity contribution in [1.82, 2.24) is 10.6 Å². The summed E-state index contributed by atoms with van der Waals surface area (Å²) in [6.07, 6.45) is -0.0758. The second-order valence-electron chi connectivity index (χ2n) is 6.44. The average Bonchev–Trinajstić information content (AvgIpc) is 2.76. The molecule has 0 bridgehead atoms. The molecular weight excluding hydrogens is 372 g/mol. The minimum Gasteiger partial charge on any atom is -0.467 e. The van der Waals surface area contributed by atoms with Gasteiger partial charge in [-0.05, 0) is 17.5 Å². The average molecular weight is 398 g/mol. The standard InChI is InChI=1S/C22H26N2O5/c1-3-18(24-22(27)29-15-17-12-8-5-9-13-17)20(25)23-19(21(26)28-2)14-16-10-6-4-7-11-16/h4-13,18-19H,3,14-15H2,1-2H3,(H,23,25)(H,24,27)/t18-,19?/m0/s1. The number of hydrogen-bond donors (Lipinski definition) is 2. The molecule has 2 N–H and O–H groups in total. The van der Waals surface area contributed by atoms with Crippen molar-refractivity contribution in [3.05, 3.63) is 71.8 Å². The zero-order valence-electron chi connectivity index (χ0n) is 16.6. The Balaban J connectivity index is 1.93. The summed E-state index contributed by atoms with van der Waals surface area (Å²) in [6, 6.07) is 16.8. The minimum absolute atomic E-state index is 0.101. The van der Waals surface area contributed by atoms with E-state index in [9.17, 15) is 14.4 Å². The van der Waals surface area contributed by atoms with Crippen molar-refractivity contribution in [2.45, 2.75) is 38.5 Å². The largest absolute Gasteiger partial charge is 0.467 e. The van der Waals surface area contributed by atoms with Crippen molar-refractivity contribution in [2.24, 2.45) is 0 Å². The molecule has 154 valence electrons. The van der Waals surface area contributed by atoms with Gasteiger partial charge in [0.05, 0.1) is 7.11 Å². The van der Waals surface area contributed by atoms with Gasteiger partial charge in [-0.25, -0.2) is 9.59 Å². The molecule has 0 fully saturated rings. The van der Waals surface area contributed by atoms with E-state index in [2.05, 4.69) is 10.6 Å². The summed E-state index contributed by atoms with van der Waals surface area (Å²) in [5.41, 5.74) is 1.72. The molecule has 7 heteroatoms. The van der Waals surface area contributed by atoms with Crippen molar-refractivity contribution in [3.8, 4) is 0 Å². The highest BCUT2D eigenvalue weighted by molar-refractivity contribution is 5.89. The van der Waals surface area contributed by atoms with Crippen molar-refractivity contribution in [3.63, 3.8) is 0 Å². The molecule has 2 aromatic carbocycles. The Labute approximate surface area is 170 Å². The molecule has 0 aliphatic carbocycles. The van der Waals surface area contributed by atoms with Crippen molar-refractivity contribution < 1.29 is 23.9 Å². The fraction of sp³-hybridized carbons (Fsp3) is 0.318. The van der Waals surface area contributed by atoms with Gasteiger partial charge in [-0.2, -0.15) is 0 Å². The molecular formula is C22H26N2O5. The number of rotatable bonds is 9. The van der Waals surface area contributed by atoms with E-state index in [4.69, 9.17) is 9.47 Å². The van der Waals surface area contributed by atoms with Crippen LogP contribution >= 0.6 is 0 Å². The summed E-state index contributed by atoms with van der Waals surface area (Å²) < 4.78 is 9.96. The molecule has 0 aromatic heterocycles. The molecule has 1 unspecified atom stereocenters. The number of carbonyl (C=O) groups is 3. The highest BCUT2D eigenvalue weighted by Gasteiger charge is 2.27. The van der Waals surface area contributed by atoms with Gasteiger partial charge < -0.3 is 20.1 Å². The Morgan fingerprint density at radius 3 is 2.00 bits per heavy atom. The summed E-state index contributed by atoms with van der Waals surface area (Å²) in [6.45, 7) is 1.86. The molecule has 29 heavy (non-hydrogen) atoms.